The first kappa shape index (κ1) is 12.0. The number of amides is 1. The second kappa shape index (κ2) is 4.55. The lowest BCUT2D eigenvalue weighted by molar-refractivity contribution is 0.0985. The highest BCUT2D eigenvalue weighted by molar-refractivity contribution is 6.30. The van der Waals surface area contributed by atoms with Crippen LogP contribution in [0.1, 0.15) is 16.1 Å². The molecule has 4 nitrogen and oxygen atoms in total. The molecule has 1 aromatic carbocycles. The van der Waals surface area contributed by atoms with E-state index in [-0.39, 0.29) is 11.6 Å². The van der Waals surface area contributed by atoms with Crippen molar-refractivity contribution in [2.75, 3.05) is 17.2 Å². The molecule has 1 aromatic heterocycles. The van der Waals surface area contributed by atoms with E-state index >= 15 is 0 Å². The minimum Gasteiger partial charge on any atom is -0.397 e. The molecule has 0 saturated heterocycles. The number of nitrogen functional groups attached to an aromatic ring is 1. The maximum atomic E-state index is 12.5. The summed E-state index contributed by atoms with van der Waals surface area (Å²) in [6.45, 7) is 0.655. The van der Waals surface area contributed by atoms with E-state index < -0.39 is 0 Å². The predicted molar refractivity (Wildman–Crippen MR) is 75.5 cm³/mol. The van der Waals surface area contributed by atoms with Crippen molar-refractivity contribution in [2.24, 2.45) is 0 Å². The molecule has 1 aliphatic heterocycles. The van der Waals surface area contributed by atoms with Gasteiger partial charge in [-0.3, -0.25) is 4.79 Å². The molecule has 0 aliphatic carbocycles. The van der Waals surface area contributed by atoms with Crippen molar-refractivity contribution < 1.29 is 4.79 Å². The zero-order chi connectivity index (χ0) is 13.4. The molecule has 96 valence electrons. The van der Waals surface area contributed by atoms with Crippen molar-refractivity contribution >= 4 is 28.9 Å². The van der Waals surface area contributed by atoms with Gasteiger partial charge in [0.1, 0.15) is 0 Å². The van der Waals surface area contributed by atoms with Gasteiger partial charge in [0, 0.05) is 18.4 Å². The normalized spacial score (nSPS) is 13.4. The molecule has 0 spiro atoms. The third-order valence-electron chi connectivity index (χ3n) is 3.22. The maximum absolute atomic E-state index is 12.5. The number of halogens is 1. The SMILES string of the molecule is Nc1cc(Cl)cnc1C(=O)N1CCc2ccccc21. The molecule has 0 atom stereocenters. The van der Waals surface area contributed by atoms with Gasteiger partial charge in [0.15, 0.2) is 5.69 Å². The Morgan fingerprint density at radius 3 is 2.95 bits per heavy atom. The summed E-state index contributed by atoms with van der Waals surface area (Å²) in [5, 5.41) is 0.427. The number of benzene rings is 1. The highest BCUT2D eigenvalue weighted by atomic mass is 35.5. The minimum absolute atomic E-state index is 0.181. The summed E-state index contributed by atoms with van der Waals surface area (Å²) in [7, 11) is 0. The predicted octanol–water partition coefficient (Wildman–Crippen LogP) is 2.52. The number of hydrogen-bond acceptors (Lipinski definition) is 3. The fraction of sp³-hybridized carbons (Fsp3) is 0.143. The van der Waals surface area contributed by atoms with Crippen molar-refractivity contribution in [3.63, 3.8) is 0 Å². The minimum atomic E-state index is -0.181. The highest BCUT2D eigenvalue weighted by Gasteiger charge is 2.27. The van der Waals surface area contributed by atoms with E-state index in [1.807, 2.05) is 24.3 Å². The first-order valence-electron chi connectivity index (χ1n) is 5.97. The Hall–Kier alpha value is -2.07. The molecule has 2 aromatic rings. The second-order valence-corrected chi connectivity index (χ2v) is 4.86. The van der Waals surface area contributed by atoms with Gasteiger partial charge in [0.25, 0.3) is 5.91 Å². The Morgan fingerprint density at radius 2 is 2.16 bits per heavy atom. The Labute approximate surface area is 115 Å². The van der Waals surface area contributed by atoms with E-state index in [0.717, 1.165) is 12.1 Å². The van der Waals surface area contributed by atoms with Crippen LogP contribution in [0.3, 0.4) is 0 Å². The van der Waals surface area contributed by atoms with Crippen molar-refractivity contribution in [1.29, 1.82) is 0 Å². The molecule has 3 rings (SSSR count). The van der Waals surface area contributed by atoms with Gasteiger partial charge in [-0.25, -0.2) is 4.98 Å². The van der Waals surface area contributed by atoms with Crippen LogP contribution in [-0.4, -0.2) is 17.4 Å². The number of carbonyl (C=O) groups excluding carboxylic acids is 1. The number of fused-ring (bicyclic) bond motifs is 1. The Balaban J connectivity index is 1.98. The number of rotatable bonds is 1. The summed E-state index contributed by atoms with van der Waals surface area (Å²) in [6.07, 6.45) is 2.29. The number of para-hydroxylation sites is 1. The lowest BCUT2D eigenvalue weighted by Gasteiger charge is -2.17. The standard InChI is InChI=1S/C14H12ClN3O/c15-10-7-11(16)13(17-8-10)14(19)18-6-5-9-3-1-2-4-12(9)18/h1-4,7-8H,5-6,16H2. The van der Waals surface area contributed by atoms with E-state index in [1.165, 1.54) is 11.8 Å². The molecule has 1 aliphatic rings. The molecule has 0 saturated carbocycles. The Bertz CT molecular complexity index is 657. The highest BCUT2D eigenvalue weighted by Crippen LogP contribution is 2.29. The van der Waals surface area contributed by atoms with Crippen LogP contribution in [0.25, 0.3) is 0 Å². The van der Waals surface area contributed by atoms with Crippen molar-refractivity contribution in [2.45, 2.75) is 6.42 Å². The van der Waals surface area contributed by atoms with Crippen LogP contribution < -0.4 is 10.6 Å². The number of aromatic nitrogens is 1. The summed E-state index contributed by atoms with van der Waals surface area (Å²) in [5.41, 5.74) is 8.48. The van der Waals surface area contributed by atoms with Gasteiger partial charge in [-0.05, 0) is 24.1 Å². The fourth-order valence-electron chi connectivity index (χ4n) is 2.31. The zero-order valence-corrected chi connectivity index (χ0v) is 10.9. The van der Waals surface area contributed by atoms with E-state index in [4.69, 9.17) is 17.3 Å². The number of carbonyl (C=O) groups is 1. The third-order valence-corrected chi connectivity index (χ3v) is 3.43. The first-order chi connectivity index (χ1) is 9.16. The summed E-state index contributed by atoms with van der Waals surface area (Å²) in [6, 6.07) is 9.40. The zero-order valence-electron chi connectivity index (χ0n) is 10.1. The molecule has 5 heteroatoms. The summed E-state index contributed by atoms with van der Waals surface area (Å²) in [5.74, 6) is -0.181. The molecule has 19 heavy (non-hydrogen) atoms. The Kier molecular flexibility index (Phi) is 2.87. The number of pyridine rings is 1. The number of nitrogens with two attached hydrogens (primary N) is 1. The number of anilines is 2. The first-order valence-corrected chi connectivity index (χ1v) is 6.35. The smallest absolute Gasteiger partial charge is 0.279 e. The van der Waals surface area contributed by atoms with Crippen molar-refractivity contribution in [3.05, 3.63) is 52.8 Å². The van der Waals surface area contributed by atoms with Crippen LogP contribution in [0.5, 0.6) is 0 Å². The lowest BCUT2D eigenvalue weighted by atomic mass is 10.2. The molecule has 2 heterocycles. The quantitative estimate of drug-likeness (QED) is 0.868. The largest absolute Gasteiger partial charge is 0.397 e. The van der Waals surface area contributed by atoms with Crippen molar-refractivity contribution in [3.8, 4) is 0 Å². The summed E-state index contributed by atoms with van der Waals surface area (Å²) in [4.78, 5) is 18.2. The fourth-order valence-corrected chi connectivity index (χ4v) is 2.48. The van der Waals surface area contributed by atoms with Gasteiger partial charge in [-0.15, -0.1) is 0 Å². The average molecular weight is 274 g/mol. The van der Waals surface area contributed by atoms with Crippen LogP contribution >= 0.6 is 11.6 Å². The second-order valence-electron chi connectivity index (χ2n) is 4.43. The van der Waals surface area contributed by atoms with Gasteiger partial charge < -0.3 is 10.6 Å². The lowest BCUT2D eigenvalue weighted by Crippen LogP contribution is -2.30. The van der Waals surface area contributed by atoms with E-state index in [9.17, 15) is 4.79 Å². The topological polar surface area (TPSA) is 59.2 Å². The van der Waals surface area contributed by atoms with Crippen LogP contribution in [0.2, 0.25) is 5.02 Å². The molecule has 0 bridgehead atoms. The molecular formula is C14H12ClN3O. The summed E-state index contributed by atoms with van der Waals surface area (Å²) >= 11 is 5.79. The molecule has 0 unspecified atom stereocenters. The van der Waals surface area contributed by atoms with Gasteiger partial charge in [0.2, 0.25) is 0 Å². The van der Waals surface area contributed by atoms with Crippen LogP contribution in [0.15, 0.2) is 36.5 Å². The van der Waals surface area contributed by atoms with Gasteiger partial charge >= 0.3 is 0 Å². The Morgan fingerprint density at radius 1 is 1.37 bits per heavy atom. The number of nitrogens with zero attached hydrogens (tertiary/aromatic N) is 2. The molecule has 0 fully saturated rings. The molecular weight excluding hydrogens is 262 g/mol. The maximum Gasteiger partial charge on any atom is 0.279 e. The van der Waals surface area contributed by atoms with Gasteiger partial charge in [-0.2, -0.15) is 0 Å². The molecule has 2 N–H and O–H groups in total. The van der Waals surface area contributed by atoms with Gasteiger partial charge in [-0.1, -0.05) is 29.8 Å². The van der Waals surface area contributed by atoms with E-state index in [0.29, 0.717) is 17.3 Å². The average Bonchev–Trinajstić information content (AvgIpc) is 2.82. The van der Waals surface area contributed by atoms with Crippen LogP contribution in [0, 0.1) is 0 Å². The van der Waals surface area contributed by atoms with E-state index in [2.05, 4.69) is 4.98 Å². The molecule has 1 amide bonds. The molecule has 0 radical (unpaired) electrons. The van der Waals surface area contributed by atoms with Crippen molar-refractivity contribution in [1.82, 2.24) is 4.98 Å². The summed E-state index contributed by atoms with van der Waals surface area (Å²) < 4.78 is 0. The number of hydrogen-bond donors (Lipinski definition) is 1. The third kappa shape index (κ3) is 2.04. The van der Waals surface area contributed by atoms with Crippen LogP contribution in [0.4, 0.5) is 11.4 Å². The van der Waals surface area contributed by atoms with Crippen LogP contribution in [-0.2, 0) is 6.42 Å². The van der Waals surface area contributed by atoms with E-state index in [1.54, 1.807) is 11.0 Å². The van der Waals surface area contributed by atoms with Gasteiger partial charge in [0.05, 0.1) is 10.7 Å². The monoisotopic (exact) mass is 273 g/mol.